The molecular formula is C60H60B2Si-2. The summed E-state index contributed by atoms with van der Waals surface area (Å²) in [4.78, 5) is 0. The van der Waals surface area contributed by atoms with Crippen LogP contribution in [0.2, 0.25) is 18.1 Å². The Hall–Kier alpha value is -6.67. The van der Waals surface area contributed by atoms with E-state index in [-0.39, 0.29) is 8.80 Å². The third kappa shape index (κ3) is 9.86. The van der Waals surface area contributed by atoms with Gasteiger partial charge >= 0.3 is 0 Å². The first-order chi connectivity index (χ1) is 31.2. The van der Waals surface area contributed by atoms with E-state index in [0.29, 0.717) is 0 Å². The topological polar surface area (TPSA) is 0 Å². The third-order valence-corrected chi connectivity index (χ3v) is 16.8. The van der Waals surface area contributed by atoms with Gasteiger partial charge in [-0.1, -0.05) is 311 Å². The first-order valence-electron chi connectivity index (χ1n) is 23.0. The van der Waals surface area contributed by atoms with Gasteiger partial charge in [-0.3, -0.25) is 0 Å². The van der Waals surface area contributed by atoms with E-state index < -0.39 is 12.3 Å². The second kappa shape index (κ2) is 22.4. The smallest absolute Gasteiger partial charge is 0.108 e. The van der Waals surface area contributed by atoms with Crippen LogP contribution in [0.4, 0.5) is 0 Å². The highest BCUT2D eigenvalue weighted by atomic mass is 28.3. The highest BCUT2D eigenvalue weighted by molar-refractivity contribution is 7.20. The fraction of sp³-hybridized carbons (Fsp3) is 0.100. The fourth-order valence-electron chi connectivity index (χ4n) is 10.1. The van der Waals surface area contributed by atoms with Crippen molar-refractivity contribution in [2.45, 2.75) is 38.9 Å². The molecule has 0 radical (unpaired) electrons. The van der Waals surface area contributed by atoms with Crippen LogP contribution >= 0.6 is 0 Å². The van der Waals surface area contributed by atoms with Crippen LogP contribution in [0.5, 0.6) is 0 Å². The molecule has 0 unspecified atom stereocenters. The molecule has 0 aliphatic rings. The minimum Gasteiger partial charge on any atom is -0.195 e. The van der Waals surface area contributed by atoms with Gasteiger partial charge in [-0.25, -0.2) is 0 Å². The Bertz CT molecular complexity index is 2370. The van der Waals surface area contributed by atoms with Crippen LogP contribution in [0, 0.1) is 0 Å². The predicted molar refractivity (Wildman–Crippen MR) is 284 cm³/mol. The highest BCUT2D eigenvalue weighted by Gasteiger charge is 2.33. The molecule has 0 fully saturated rings. The van der Waals surface area contributed by atoms with Gasteiger partial charge in [0.2, 0.25) is 0 Å². The molecule has 0 amide bonds. The summed E-state index contributed by atoms with van der Waals surface area (Å²) in [7, 11) is -0.171. The van der Waals surface area contributed by atoms with Gasteiger partial charge in [-0.05, 0) is 5.56 Å². The van der Waals surface area contributed by atoms with Crippen LogP contribution in [0.15, 0.2) is 267 Å². The van der Waals surface area contributed by atoms with Gasteiger partial charge in [0.25, 0.3) is 0 Å². The van der Waals surface area contributed by atoms with E-state index in [1.54, 1.807) is 0 Å². The van der Waals surface area contributed by atoms with Gasteiger partial charge in [-0.15, -0.1) is 0 Å². The summed E-state index contributed by atoms with van der Waals surface area (Å²) in [6, 6.07) is 101. The molecule has 9 aromatic carbocycles. The molecule has 0 heterocycles. The Morgan fingerprint density at radius 2 is 0.476 bits per heavy atom. The molecule has 312 valence electrons. The van der Waals surface area contributed by atoms with Crippen molar-refractivity contribution < 1.29 is 0 Å². The van der Waals surface area contributed by atoms with Crippen molar-refractivity contribution in [2.24, 2.45) is 0 Å². The molecule has 0 saturated carbocycles. The van der Waals surface area contributed by atoms with Crippen LogP contribution in [0.1, 0.15) is 20.8 Å². The zero-order valence-corrected chi connectivity index (χ0v) is 38.4. The summed E-state index contributed by atoms with van der Waals surface area (Å²) in [5.41, 5.74) is 13.2. The zero-order valence-electron chi connectivity index (χ0n) is 37.3. The molecule has 0 aliphatic carbocycles. The fourth-order valence-corrected chi connectivity index (χ4v) is 11.8. The van der Waals surface area contributed by atoms with Gasteiger partial charge in [0.15, 0.2) is 0 Å². The molecular weight excluding hydrogens is 770 g/mol. The molecule has 63 heavy (non-hydrogen) atoms. The first-order valence-corrected chi connectivity index (χ1v) is 25.5. The average molecular weight is 831 g/mol. The highest BCUT2D eigenvalue weighted by Crippen LogP contribution is 2.21. The van der Waals surface area contributed by atoms with E-state index in [4.69, 9.17) is 0 Å². The summed E-state index contributed by atoms with van der Waals surface area (Å²) in [6.45, 7) is 6.97. The molecule has 9 rings (SSSR count). The van der Waals surface area contributed by atoms with E-state index in [1.165, 1.54) is 73.0 Å². The van der Waals surface area contributed by atoms with Crippen LogP contribution in [0.3, 0.4) is 0 Å². The average Bonchev–Trinajstić information content (AvgIpc) is 3.38. The maximum Gasteiger partial charge on any atom is 0.108 e. The lowest BCUT2D eigenvalue weighted by atomic mass is 9.12. The Morgan fingerprint density at radius 1 is 0.254 bits per heavy atom. The van der Waals surface area contributed by atoms with E-state index in [0.717, 1.165) is 0 Å². The molecule has 0 bridgehead atoms. The second-order valence-electron chi connectivity index (χ2n) is 16.7. The lowest BCUT2D eigenvalue weighted by Crippen LogP contribution is -2.75. The second-order valence-corrected chi connectivity index (χ2v) is 20.8. The Labute approximate surface area is 379 Å². The summed E-state index contributed by atoms with van der Waals surface area (Å²) in [5.74, 6) is 0. The van der Waals surface area contributed by atoms with Crippen molar-refractivity contribution in [3.8, 4) is 11.1 Å². The van der Waals surface area contributed by atoms with E-state index in [9.17, 15) is 0 Å². The van der Waals surface area contributed by atoms with Crippen LogP contribution in [-0.4, -0.2) is 21.1 Å². The van der Waals surface area contributed by atoms with Gasteiger partial charge in [0.05, 0.1) is 0 Å². The standard InChI is InChI=1S/C30H24B.C24H20B.C6H16Si/c1-5-15-25(16-6-1)29-23-13-14-24-30(29)31(26-17-7-2-8-18-26,27-19-9-3-10-20-27)28-21-11-4-12-22-28;1-5-13-21(14-6-1)25(22-15-7-2-8-16-22,23-17-9-3-10-18-23)24-19-11-4-12-20-24;1-4-7(5-2)6-3/h1-24H;1-20H;7H,4-6H2,1-3H3/q2*-1;. The van der Waals surface area contributed by atoms with Crippen molar-refractivity contribution in [1.82, 2.24) is 0 Å². The molecule has 0 atom stereocenters. The van der Waals surface area contributed by atoms with Gasteiger partial charge in [0, 0.05) is 8.80 Å². The minimum atomic E-state index is -1.38. The van der Waals surface area contributed by atoms with Crippen molar-refractivity contribution in [3.63, 3.8) is 0 Å². The largest absolute Gasteiger partial charge is 0.195 e. The molecule has 0 saturated heterocycles. The lowest BCUT2D eigenvalue weighted by molar-refractivity contribution is 1.24. The number of hydrogen-bond acceptors (Lipinski definition) is 0. The monoisotopic (exact) mass is 830 g/mol. The Morgan fingerprint density at radius 3 is 0.730 bits per heavy atom. The molecule has 0 aromatic heterocycles. The summed E-state index contributed by atoms with van der Waals surface area (Å²) < 4.78 is 0. The maximum atomic E-state index is 2.32. The van der Waals surface area contributed by atoms with Gasteiger partial charge in [-0.2, -0.15) is 43.7 Å². The third-order valence-electron chi connectivity index (χ3n) is 13.3. The molecule has 3 heteroatoms. The van der Waals surface area contributed by atoms with E-state index in [1.807, 2.05) is 0 Å². The Balaban J connectivity index is 0.000000167. The summed E-state index contributed by atoms with van der Waals surface area (Å²) in [6.07, 6.45) is -2.59. The van der Waals surface area contributed by atoms with Gasteiger partial charge < -0.3 is 0 Å². The lowest BCUT2D eigenvalue weighted by Gasteiger charge is -2.45. The van der Waals surface area contributed by atoms with Crippen LogP contribution < -0.4 is 43.7 Å². The van der Waals surface area contributed by atoms with Gasteiger partial charge in [0.1, 0.15) is 12.3 Å². The van der Waals surface area contributed by atoms with Crippen molar-refractivity contribution in [1.29, 1.82) is 0 Å². The zero-order chi connectivity index (χ0) is 43.6. The quantitative estimate of drug-likeness (QED) is 0.108. The summed E-state index contributed by atoms with van der Waals surface area (Å²) >= 11 is 0. The molecule has 0 nitrogen and oxygen atoms in total. The predicted octanol–water partition coefficient (Wildman–Crippen LogP) is 10.1. The van der Waals surface area contributed by atoms with Crippen molar-refractivity contribution in [3.05, 3.63) is 267 Å². The molecule has 0 N–H and O–H groups in total. The normalized spacial score (nSPS) is 11.1. The maximum absolute atomic E-state index is 2.32. The SMILES string of the molecule is CC[SiH](CC)CC.c1ccc(-c2ccccc2[B-](c2ccccc2)(c2ccccc2)c2ccccc2)cc1.c1ccc([B-](c2ccccc2)(c2ccccc2)c2ccccc2)cc1. The number of hydrogen-bond donors (Lipinski definition) is 0. The van der Waals surface area contributed by atoms with Crippen molar-refractivity contribution >= 4 is 64.8 Å². The van der Waals surface area contributed by atoms with E-state index >= 15 is 0 Å². The molecule has 9 aromatic rings. The summed E-state index contributed by atoms with van der Waals surface area (Å²) in [5, 5.41) is 0. The van der Waals surface area contributed by atoms with Crippen LogP contribution in [-0.2, 0) is 0 Å². The van der Waals surface area contributed by atoms with E-state index in [2.05, 4.69) is 288 Å². The van der Waals surface area contributed by atoms with Crippen LogP contribution in [0.25, 0.3) is 11.1 Å². The molecule has 0 spiro atoms. The number of benzene rings is 9. The Kier molecular flexibility index (Phi) is 15.8. The minimum absolute atomic E-state index is 0.171. The van der Waals surface area contributed by atoms with Crippen molar-refractivity contribution in [2.75, 3.05) is 0 Å². The number of rotatable bonds is 12. The first kappa shape index (κ1) is 44.4. The molecule has 0 aliphatic heterocycles.